The molecule has 0 saturated carbocycles. The summed E-state index contributed by atoms with van der Waals surface area (Å²) in [5.41, 5.74) is 0. The van der Waals surface area contributed by atoms with E-state index in [1.54, 1.807) is 0 Å². The van der Waals surface area contributed by atoms with E-state index in [-0.39, 0.29) is 5.91 Å². The van der Waals surface area contributed by atoms with Crippen LogP contribution in [0.4, 0.5) is 0 Å². The molecular weight excluding hydrogens is 188 g/mol. The zero-order valence-corrected chi connectivity index (χ0v) is 9.37. The van der Waals surface area contributed by atoms with Crippen molar-refractivity contribution in [1.82, 2.24) is 4.90 Å². The Hall–Kier alpha value is -0.860. The lowest BCUT2D eigenvalue weighted by molar-refractivity contribution is -0.117. The van der Waals surface area contributed by atoms with E-state index >= 15 is 0 Å². The molecule has 0 radical (unpaired) electrons. The molecule has 15 heavy (non-hydrogen) atoms. The third-order valence-electron chi connectivity index (χ3n) is 3.27. The summed E-state index contributed by atoms with van der Waals surface area (Å²) in [6.45, 7) is 1.57. The average molecular weight is 208 g/mol. The molecule has 0 unspecified atom stereocenters. The molecule has 2 aliphatic rings. The van der Waals surface area contributed by atoms with E-state index in [9.17, 15) is 4.79 Å². The summed E-state index contributed by atoms with van der Waals surface area (Å²) in [7, 11) is 0. The number of hydrogen-bond acceptors (Lipinski definition) is 2. The van der Waals surface area contributed by atoms with Gasteiger partial charge in [0.25, 0.3) is 5.91 Å². The number of amidine groups is 1. The molecule has 3 heteroatoms. The van der Waals surface area contributed by atoms with Gasteiger partial charge < -0.3 is 4.90 Å². The van der Waals surface area contributed by atoms with Crippen LogP contribution in [-0.4, -0.2) is 29.7 Å². The number of nitrogens with zero attached hydrogens (tertiary/aromatic N) is 2. The molecule has 0 aromatic carbocycles. The molecule has 0 spiro atoms. The van der Waals surface area contributed by atoms with Gasteiger partial charge in [0.05, 0.1) is 0 Å². The van der Waals surface area contributed by atoms with Crippen molar-refractivity contribution >= 4 is 11.7 Å². The van der Waals surface area contributed by atoms with Crippen LogP contribution >= 0.6 is 0 Å². The first-order valence-corrected chi connectivity index (χ1v) is 6.21. The molecule has 3 nitrogen and oxygen atoms in total. The largest absolute Gasteiger partial charge is 0.351 e. The molecule has 2 aliphatic heterocycles. The lowest BCUT2D eigenvalue weighted by Crippen LogP contribution is -2.29. The average Bonchev–Trinajstić information content (AvgIpc) is 2.54. The highest BCUT2D eigenvalue weighted by Gasteiger charge is 2.21. The maximum absolute atomic E-state index is 11.2. The maximum Gasteiger partial charge on any atom is 0.266 e. The minimum absolute atomic E-state index is 0.0575. The van der Waals surface area contributed by atoms with E-state index in [2.05, 4.69) is 9.89 Å². The molecule has 0 N–H and O–H groups in total. The van der Waals surface area contributed by atoms with E-state index in [0.717, 1.165) is 18.8 Å². The normalized spacial score (nSPS) is 24.4. The molecule has 0 aliphatic carbocycles. The highest BCUT2D eigenvalue weighted by molar-refractivity contribution is 6.01. The number of hydrogen-bond donors (Lipinski definition) is 0. The number of aliphatic imine (C=N–C) groups is 1. The molecule has 0 bridgehead atoms. The maximum atomic E-state index is 11.2. The molecule has 2 rings (SSSR count). The van der Waals surface area contributed by atoms with Crippen molar-refractivity contribution in [3.8, 4) is 0 Å². The fourth-order valence-electron chi connectivity index (χ4n) is 2.40. The highest BCUT2D eigenvalue weighted by Crippen LogP contribution is 2.16. The number of fused-ring (bicyclic) bond motifs is 1. The first kappa shape index (κ1) is 10.7. The summed E-state index contributed by atoms with van der Waals surface area (Å²) in [6.07, 6.45) is 10.1. The third-order valence-corrected chi connectivity index (χ3v) is 3.27. The summed E-state index contributed by atoms with van der Waals surface area (Å²) in [5.74, 6) is 1.11. The SMILES string of the molecule is O=C1CN2CCCCCCCCCC2=N1. The Morgan fingerprint density at radius 2 is 1.60 bits per heavy atom. The Balaban J connectivity index is 1.93. The summed E-state index contributed by atoms with van der Waals surface area (Å²) >= 11 is 0. The molecule has 1 fully saturated rings. The van der Waals surface area contributed by atoms with Crippen LogP contribution in [0.15, 0.2) is 4.99 Å². The molecular formula is C12H20N2O. The molecule has 0 atom stereocenters. The van der Waals surface area contributed by atoms with Crippen molar-refractivity contribution in [1.29, 1.82) is 0 Å². The third kappa shape index (κ3) is 3.05. The van der Waals surface area contributed by atoms with Crippen LogP contribution in [0.25, 0.3) is 0 Å². The fraction of sp³-hybridized carbons (Fsp3) is 0.833. The van der Waals surface area contributed by atoms with Crippen molar-refractivity contribution in [3.05, 3.63) is 0 Å². The Morgan fingerprint density at radius 1 is 0.933 bits per heavy atom. The van der Waals surface area contributed by atoms with Crippen LogP contribution in [0.1, 0.15) is 51.4 Å². The van der Waals surface area contributed by atoms with E-state index in [4.69, 9.17) is 0 Å². The van der Waals surface area contributed by atoms with E-state index < -0.39 is 0 Å². The fourth-order valence-corrected chi connectivity index (χ4v) is 2.40. The van der Waals surface area contributed by atoms with Gasteiger partial charge in [0, 0.05) is 13.0 Å². The number of amides is 1. The summed E-state index contributed by atoms with van der Waals surface area (Å²) < 4.78 is 0. The number of carbonyl (C=O) groups is 1. The molecule has 1 saturated heterocycles. The smallest absolute Gasteiger partial charge is 0.266 e. The van der Waals surface area contributed by atoms with Gasteiger partial charge in [-0.1, -0.05) is 32.1 Å². The Labute approximate surface area is 91.6 Å². The topological polar surface area (TPSA) is 32.7 Å². The predicted octanol–water partition coefficient (Wildman–Crippen LogP) is 2.36. The molecule has 0 aromatic rings. The van der Waals surface area contributed by atoms with Gasteiger partial charge in [-0.3, -0.25) is 4.79 Å². The van der Waals surface area contributed by atoms with Crippen molar-refractivity contribution in [2.24, 2.45) is 4.99 Å². The molecule has 1 amide bonds. The van der Waals surface area contributed by atoms with Crippen LogP contribution in [0.3, 0.4) is 0 Å². The van der Waals surface area contributed by atoms with E-state index in [1.807, 2.05) is 0 Å². The number of carbonyl (C=O) groups excluding carboxylic acids is 1. The Kier molecular flexibility index (Phi) is 3.75. The molecule has 2 heterocycles. The van der Waals surface area contributed by atoms with Crippen LogP contribution in [-0.2, 0) is 4.79 Å². The quantitative estimate of drug-likeness (QED) is 0.612. The lowest BCUT2D eigenvalue weighted by atomic mass is 10.1. The van der Waals surface area contributed by atoms with Crippen LogP contribution in [0.2, 0.25) is 0 Å². The summed E-state index contributed by atoms with van der Waals surface area (Å²) in [5, 5.41) is 0. The van der Waals surface area contributed by atoms with Crippen LogP contribution < -0.4 is 0 Å². The second-order valence-electron chi connectivity index (χ2n) is 4.57. The highest BCUT2D eigenvalue weighted by atomic mass is 16.2. The minimum Gasteiger partial charge on any atom is -0.351 e. The molecule has 0 aromatic heterocycles. The van der Waals surface area contributed by atoms with Crippen LogP contribution in [0, 0.1) is 0 Å². The van der Waals surface area contributed by atoms with Crippen LogP contribution in [0.5, 0.6) is 0 Å². The Morgan fingerprint density at radius 3 is 2.40 bits per heavy atom. The second-order valence-corrected chi connectivity index (χ2v) is 4.57. The monoisotopic (exact) mass is 208 g/mol. The van der Waals surface area contributed by atoms with Gasteiger partial charge in [-0.2, -0.15) is 4.99 Å². The molecule has 84 valence electrons. The van der Waals surface area contributed by atoms with Crippen molar-refractivity contribution < 1.29 is 4.79 Å². The standard InChI is InChI=1S/C12H20N2O/c15-12-10-14-9-7-5-3-1-2-4-6-8-11(14)13-12/h1-10H2. The van der Waals surface area contributed by atoms with Gasteiger partial charge >= 0.3 is 0 Å². The summed E-state index contributed by atoms with van der Waals surface area (Å²) in [6, 6.07) is 0. The van der Waals surface area contributed by atoms with E-state index in [1.165, 1.54) is 44.9 Å². The first-order valence-electron chi connectivity index (χ1n) is 6.21. The zero-order valence-electron chi connectivity index (χ0n) is 9.37. The van der Waals surface area contributed by atoms with E-state index in [0.29, 0.717) is 6.54 Å². The van der Waals surface area contributed by atoms with Gasteiger partial charge in [0.15, 0.2) is 0 Å². The van der Waals surface area contributed by atoms with Gasteiger partial charge in [0.1, 0.15) is 12.4 Å². The predicted molar refractivity (Wildman–Crippen MR) is 61.0 cm³/mol. The first-order chi connectivity index (χ1) is 7.36. The minimum atomic E-state index is 0.0575. The van der Waals surface area contributed by atoms with Crippen molar-refractivity contribution in [2.75, 3.05) is 13.1 Å². The van der Waals surface area contributed by atoms with Gasteiger partial charge in [-0.05, 0) is 12.8 Å². The Bertz CT molecular complexity index is 260. The lowest BCUT2D eigenvalue weighted by Gasteiger charge is -2.18. The summed E-state index contributed by atoms with van der Waals surface area (Å²) in [4.78, 5) is 17.6. The second kappa shape index (κ2) is 5.29. The number of rotatable bonds is 0. The van der Waals surface area contributed by atoms with Gasteiger partial charge in [-0.15, -0.1) is 0 Å². The zero-order chi connectivity index (χ0) is 10.5. The van der Waals surface area contributed by atoms with Crippen molar-refractivity contribution in [3.63, 3.8) is 0 Å². The van der Waals surface area contributed by atoms with Crippen molar-refractivity contribution in [2.45, 2.75) is 51.4 Å². The van der Waals surface area contributed by atoms with Gasteiger partial charge in [0.2, 0.25) is 0 Å². The van der Waals surface area contributed by atoms with Gasteiger partial charge in [-0.25, -0.2) is 0 Å².